The van der Waals surface area contributed by atoms with Crippen molar-refractivity contribution in [3.63, 3.8) is 0 Å². The Bertz CT molecular complexity index is 3600. The van der Waals surface area contributed by atoms with Crippen LogP contribution in [0.1, 0.15) is 27.7 Å². The monoisotopic (exact) mass is 1010 g/mol. The van der Waals surface area contributed by atoms with Crippen molar-refractivity contribution in [1.82, 2.24) is 0 Å². The molecule has 78 heavy (non-hydrogen) atoms. The van der Waals surface area contributed by atoms with Crippen LogP contribution in [0.3, 0.4) is 0 Å². The van der Waals surface area contributed by atoms with E-state index in [1.54, 1.807) is 0 Å². The summed E-state index contributed by atoms with van der Waals surface area (Å²) in [5.74, 6) is 0. The van der Waals surface area contributed by atoms with Gasteiger partial charge >= 0.3 is 0 Å². The van der Waals surface area contributed by atoms with E-state index in [1.165, 1.54) is 0 Å². The van der Waals surface area contributed by atoms with Gasteiger partial charge in [-0.05, 0) is 187 Å². The van der Waals surface area contributed by atoms with E-state index in [9.17, 15) is 0 Å². The Morgan fingerprint density at radius 2 is 0.410 bits per heavy atom. The zero-order valence-electron chi connectivity index (χ0n) is 44.8. The molecule has 0 spiro atoms. The molecule has 11 aromatic rings. The van der Waals surface area contributed by atoms with Gasteiger partial charge in [0, 0.05) is 68.3 Å². The van der Waals surface area contributed by atoms with E-state index in [-0.39, 0.29) is 0 Å². The quantitative estimate of drug-likeness (QED) is 0.0894. The highest BCUT2D eigenvalue weighted by Crippen LogP contribution is 2.41. The Kier molecular flexibility index (Phi) is 16.6. The molecular weight excluding hydrogens is 945 g/mol. The summed E-state index contributed by atoms with van der Waals surface area (Å²) in [6, 6.07) is 106. The summed E-state index contributed by atoms with van der Waals surface area (Å²) < 4.78 is 0. The minimum Gasteiger partial charge on any atom is -0.311 e. The van der Waals surface area contributed by atoms with Gasteiger partial charge in [-0.25, -0.2) is 0 Å². The van der Waals surface area contributed by atoms with E-state index in [0.717, 1.165) is 102 Å². The Morgan fingerprint density at radius 3 is 0.615 bits per heavy atom. The zero-order chi connectivity index (χ0) is 53.5. The molecule has 11 aromatic carbocycles. The SMILES string of the molecule is C/C=C\C(=C/C)N(c1ccccc1)c1ccc(-c2ccc(N(c3ccccc3)c3ccc(-c4ccc(N(c5ccccc5)c5ccc(-c6ccc(N(c7ccccc7)c7ccccc7)cc6)cc5)cc4)cc3)cc2)cc1.CC. The van der Waals surface area contributed by atoms with Crippen LogP contribution >= 0.6 is 0 Å². The van der Waals surface area contributed by atoms with Gasteiger partial charge in [0.1, 0.15) is 0 Å². The van der Waals surface area contributed by atoms with Crippen molar-refractivity contribution in [3.05, 3.63) is 321 Å². The lowest BCUT2D eigenvalue weighted by molar-refractivity contribution is 1.20. The van der Waals surface area contributed by atoms with Crippen molar-refractivity contribution >= 4 is 62.6 Å². The second-order valence-corrected chi connectivity index (χ2v) is 18.5. The van der Waals surface area contributed by atoms with Gasteiger partial charge in [-0.3, -0.25) is 0 Å². The van der Waals surface area contributed by atoms with E-state index in [2.05, 4.69) is 349 Å². The molecule has 11 rings (SSSR count). The van der Waals surface area contributed by atoms with Crippen LogP contribution in [-0.4, -0.2) is 0 Å². The standard InChI is InChI=1S/C72H58N4.C2H6/c1-3-20-61(4-2)73(62-21-10-5-11-22-62)67-43-31-55(32-44-67)57-35-47-69(48-36-57)75(65-27-16-8-17-28-65)71-51-39-59(40-52-71)60-41-53-72(54-42-60)76(66-29-18-9-19-30-66)70-49-37-58(38-50-70)56-33-45-68(46-34-56)74(63-23-12-6-13-24-63)64-25-14-7-15-26-64;1-2/h3-54H,1-2H3;1-2H3/b20-3-,61-4+;. The number of anilines is 11. The maximum Gasteiger partial charge on any atom is 0.0462 e. The van der Waals surface area contributed by atoms with Crippen LogP contribution in [0, 0.1) is 0 Å². The van der Waals surface area contributed by atoms with Crippen LogP contribution in [0.5, 0.6) is 0 Å². The van der Waals surface area contributed by atoms with Crippen molar-refractivity contribution in [2.45, 2.75) is 27.7 Å². The minimum absolute atomic E-state index is 1.08. The number of hydrogen-bond donors (Lipinski definition) is 0. The highest BCUT2D eigenvalue weighted by Gasteiger charge is 2.18. The van der Waals surface area contributed by atoms with Gasteiger partial charge < -0.3 is 19.6 Å². The molecule has 0 atom stereocenters. The Morgan fingerprint density at radius 1 is 0.231 bits per heavy atom. The number of para-hydroxylation sites is 5. The Hall–Kier alpha value is -9.90. The molecular formula is C74H64N4. The van der Waals surface area contributed by atoms with Crippen molar-refractivity contribution in [1.29, 1.82) is 0 Å². The third-order valence-corrected chi connectivity index (χ3v) is 13.7. The fourth-order valence-electron chi connectivity index (χ4n) is 9.96. The maximum absolute atomic E-state index is 2.32. The third kappa shape index (κ3) is 11.6. The average Bonchev–Trinajstić information content (AvgIpc) is 3.57. The van der Waals surface area contributed by atoms with Gasteiger partial charge in [-0.15, -0.1) is 0 Å². The predicted molar refractivity (Wildman–Crippen MR) is 335 cm³/mol. The van der Waals surface area contributed by atoms with Crippen LogP contribution in [0.2, 0.25) is 0 Å². The summed E-state index contributed by atoms with van der Waals surface area (Å²) >= 11 is 0. The van der Waals surface area contributed by atoms with E-state index < -0.39 is 0 Å². The molecule has 0 radical (unpaired) electrons. The molecule has 0 amide bonds. The summed E-state index contributed by atoms with van der Waals surface area (Å²) in [6.45, 7) is 8.14. The second-order valence-electron chi connectivity index (χ2n) is 18.5. The van der Waals surface area contributed by atoms with E-state index in [0.29, 0.717) is 0 Å². The van der Waals surface area contributed by atoms with Crippen LogP contribution < -0.4 is 19.6 Å². The summed E-state index contributed by atoms with van der Waals surface area (Å²) in [4.78, 5) is 9.22. The normalized spacial score (nSPS) is 11.1. The average molecular weight is 1010 g/mol. The first-order valence-corrected chi connectivity index (χ1v) is 27.0. The van der Waals surface area contributed by atoms with Gasteiger partial charge in [-0.1, -0.05) is 190 Å². The van der Waals surface area contributed by atoms with E-state index in [1.807, 2.05) is 13.8 Å². The topological polar surface area (TPSA) is 13.0 Å². The van der Waals surface area contributed by atoms with Gasteiger partial charge in [0.05, 0.1) is 0 Å². The van der Waals surface area contributed by atoms with E-state index in [4.69, 9.17) is 0 Å². The van der Waals surface area contributed by atoms with Crippen LogP contribution in [0.15, 0.2) is 321 Å². The number of benzene rings is 11. The number of hydrogen-bond acceptors (Lipinski definition) is 4. The van der Waals surface area contributed by atoms with Crippen molar-refractivity contribution in [3.8, 4) is 33.4 Å². The highest BCUT2D eigenvalue weighted by molar-refractivity contribution is 5.84. The molecule has 0 saturated heterocycles. The lowest BCUT2D eigenvalue weighted by Gasteiger charge is -2.27. The number of rotatable bonds is 16. The minimum atomic E-state index is 1.08. The second kappa shape index (κ2) is 25.1. The Balaban J connectivity index is 0.00000340. The molecule has 0 fully saturated rings. The lowest BCUT2D eigenvalue weighted by Crippen LogP contribution is -2.14. The first-order valence-electron chi connectivity index (χ1n) is 27.0. The predicted octanol–water partition coefficient (Wildman–Crippen LogP) is 21.7. The molecule has 0 heterocycles. The van der Waals surface area contributed by atoms with Crippen LogP contribution in [-0.2, 0) is 0 Å². The van der Waals surface area contributed by atoms with Crippen LogP contribution in [0.25, 0.3) is 33.4 Å². The molecule has 380 valence electrons. The maximum atomic E-state index is 2.32. The van der Waals surface area contributed by atoms with Crippen LogP contribution in [0.4, 0.5) is 62.6 Å². The van der Waals surface area contributed by atoms with Crippen molar-refractivity contribution < 1.29 is 0 Å². The molecule has 0 N–H and O–H groups in total. The van der Waals surface area contributed by atoms with Crippen molar-refractivity contribution in [2.24, 2.45) is 0 Å². The van der Waals surface area contributed by atoms with Gasteiger partial charge in [-0.2, -0.15) is 0 Å². The van der Waals surface area contributed by atoms with Gasteiger partial charge in [0.2, 0.25) is 0 Å². The van der Waals surface area contributed by atoms with Gasteiger partial charge in [0.15, 0.2) is 0 Å². The molecule has 0 saturated carbocycles. The fraction of sp³-hybridized carbons (Fsp3) is 0.0541. The lowest BCUT2D eigenvalue weighted by atomic mass is 10.0. The molecule has 0 aromatic heterocycles. The largest absolute Gasteiger partial charge is 0.311 e. The summed E-state index contributed by atoms with van der Waals surface area (Å²) in [7, 11) is 0. The van der Waals surface area contributed by atoms with Crippen molar-refractivity contribution in [2.75, 3.05) is 19.6 Å². The number of allylic oxidation sites excluding steroid dienone is 3. The highest BCUT2D eigenvalue weighted by atomic mass is 15.2. The zero-order valence-corrected chi connectivity index (χ0v) is 44.8. The fourth-order valence-corrected chi connectivity index (χ4v) is 9.96. The molecule has 0 unspecified atom stereocenters. The Labute approximate surface area is 462 Å². The summed E-state index contributed by atoms with van der Waals surface area (Å²) in [5, 5.41) is 0. The summed E-state index contributed by atoms with van der Waals surface area (Å²) in [5.41, 5.74) is 20.2. The molecule has 4 heteroatoms. The summed E-state index contributed by atoms with van der Waals surface area (Å²) in [6.07, 6.45) is 6.39. The first-order chi connectivity index (χ1) is 38.6. The molecule has 0 aliphatic carbocycles. The smallest absolute Gasteiger partial charge is 0.0462 e. The molecule has 0 bridgehead atoms. The third-order valence-electron chi connectivity index (χ3n) is 13.7. The van der Waals surface area contributed by atoms with Gasteiger partial charge in [0.25, 0.3) is 0 Å². The first kappa shape index (κ1) is 51.6. The molecule has 0 aliphatic heterocycles. The number of nitrogens with zero attached hydrogens (tertiary/aromatic N) is 4. The molecule has 4 nitrogen and oxygen atoms in total. The van der Waals surface area contributed by atoms with E-state index >= 15 is 0 Å². The molecule has 0 aliphatic rings.